The van der Waals surface area contributed by atoms with Crippen LogP contribution < -0.4 is 11.5 Å². The van der Waals surface area contributed by atoms with Crippen molar-refractivity contribution in [1.82, 2.24) is 0 Å². The molecule has 1 radical (unpaired) electrons. The first kappa shape index (κ1) is 15.8. The summed E-state index contributed by atoms with van der Waals surface area (Å²) < 4.78 is 0. The Bertz CT molecular complexity index is 51.0. The minimum absolute atomic E-state index is 0. The zero-order valence-electron chi connectivity index (χ0n) is 4.17. The molecular weight excluding hydrogens is 197 g/mol. The fourth-order valence-corrected chi connectivity index (χ4v) is 0. The van der Waals surface area contributed by atoms with Crippen LogP contribution in [0, 0.1) is 10.2 Å². The van der Waals surface area contributed by atoms with Crippen LogP contribution in [0.3, 0.4) is 0 Å². The van der Waals surface area contributed by atoms with Crippen molar-refractivity contribution in [2.45, 2.75) is 0 Å². The van der Waals surface area contributed by atoms with Gasteiger partial charge in [0.2, 0.25) is 0 Å². The molecule has 0 bridgehead atoms. The third-order valence-corrected chi connectivity index (χ3v) is 0.167. The van der Waals surface area contributed by atoms with Crippen LogP contribution in [-0.4, -0.2) is 13.1 Å². The molecule has 0 saturated carbocycles. The summed E-state index contributed by atoms with van der Waals surface area (Å²) in [7, 11) is 0. The Hall–Kier alpha value is 0.449. The van der Waals surface area contributed by atoms with Crippen LogP contribution in [0.2, 0.25) is 0 Å². The Balaban J connectivity index is -0.0000000575. The quantitative estimate of drug-likeness (QED) is 0.535. The van der Waals surface area contributed by atoms with Crippen LogP contribution in [0.4, 0.5) is 0 Å². The summed E-state index contributed by atoms with van der Waals surface area (Å²) in [6.07, 6.45) is 0. The molecule has 54 valence electrons. The van der Waals surface area contributed by atoms with E-state index in [9.17, 15) is 0 Å². The van der Waals surface area contributed by atoms with E-state index >= 15 is 0 Å². The maximum absolute atomic E-state index is 7.21. The van der Waals surface area contributed by atoms with Crippen molar-refractivity contribution in [3.8, 4) is 4.97 Å². The van der Waals surface area contributed by atoms with Crippen molar-refractivity contribution in [2.75, 3.05) is 13.1 Å². The van der Waals surface area contributed by atoms with E-state index in [2.05, 4.69) is 16.0 Å². The molecule has 0 aromatic carbocycles. The molecule has 0 aromatic rings. The summed E-state index contributed by atoms with van der Waals surface area (Å²) in [4.78, 5) is 1.50. The van der Waals surface area contributed by atoms with Gasteiger partial charge in [-0.2, -0.15) is 0 Å². The number of hydrogen-bond acceptors (Lipinski definition) is 3. The fraction of sp³-hybridized carbons (Fsp3) is 0.667. The van der Waals surface area contributed by atoms with Crippen LogP contribution in [0.5, 0.6) is 0 Å². The third kappa shape index (κ3) is 91.2. The fourth-order valence-electron chi connectivity index (χ4n) is 0. The van der Waals surface area contributed by atoms with Gasteiger partial charge in [0.15, 0.2) is 0 Å². The van der Waals surface area contributed by atoms with E-state index in [4.69, 9.17) is 16.7 Å². The average molecular weight is 206 g/mol. The molecule has 0 aromatic heterocycles. The van der Waals surface area contributed by atoms with Crippen molar-refractivity contribution in [3.63, 3.8) is 0 Å². The number of hydrogen-bond donors (Lipinski definition) is 2. The van der Waals surface area contributed by atoms with Gasteiger partial charge in [0.25, 0.3) is 0 Å². The first-order valence-corrected chi connectivity index (χ1v) is 2.27. The molecule has 0 aliphatic heterocycles. The van der Waals surface area contributed by atoms with Gasteiger partial charge >= 0.3 is 26.2 Å². The van der Waals surface area contributed by atoms with E-state index < -0.39 is 0 Å². The van der Waals surface area contributed by atoms with Gasteiger partial charge < -0.3 is 11.5 Å². The van der Waals surface area contributed by atoms with E-state index in [1.807, 2.05) is 0 Å². The number of rotatable bonds is 1. The predicted octanol–water partition coefficient (Wildman–Crippen LogP) is -1.08. The molecule has 3 nitrogen and oxygen atoms in total. The Kier molecular flexibility index (Phi) is 51.4. The van der Waals surface area contributed by atoms with E-state index in [1.54, 1.807) is 0 Å². The van der Waals surface area contributed by atoms with Crippen molar-refractivity contribution in [3.05, 3.63) is 0 Å². The molecule has 0 atom stereocenters. The monoisotopic (exact) mass is 205 g/mol. The average Bonchev–Trinajstić information content (AvgIpc) is 1.69. The molecule has 0 heterocycles. The molecule has 0 rings (SSSR count). The van der Waals surface area contributed by atoms with E-state index in [0.29, 0.717) is 13.1 Å². The second kappa shape index (κ2) is 26.0. The van der Waals surface area contributed by atoms with Gasteiger partial charge in [0, 0.05) is 30.2 Å². The zero-order valence-corrected chi connectivity index (χ0v) is 6.22. The Labute approximate surface area is 68.1 Å². The molecule has 0 saturated heterocycles. The molecule has 0 spiro atoms. The van der Waals surface area contributed by atoms with Crippen LogP contribution in [-0.2, 0) is 33.1 Å². The molecule has 0 amide bonds. The zero-order chi connectivity index (χ0) is 6.12. The first-order valence-electron chi connectivity index (χ1n) is 1.72. The number of nitrogens with zero attached hydrogens (tertiary/aromatic N) is 1. The molecule has 0 aliphatic carbocycles. The minimum atomic E-state index is 0. The summed E-state index contributed by atoms with van der Waals surface area (Å²) >= 11 is 2.79. The van der Waals surface area contributed by atoms with E-state index in [-0.39, 0.29) is 17.1 Å². The standard InChI is InChI=1S/C2H8N2.CN.Cu.Fe/c3-1-2-4;1-2;;/h1-4H2;;;. The smallest absolute Gasteiger partial charge is 0.00461 e. The van der Waals surface area contributed by atoms with Crippen molar-refractivity contribution in [2.24, 2.45) is 11.5 Å². The largest absolute Gasteiger partial charge is 0.329 e. The molecule has 0 unspecified atom stereocenters. The van der Waals surface area contributed by atoms with Crippen molar-refractivity contribution >= 4 is 0 Å². The molecule has 0 aliphatic rings. The molecular formula is C3H8CuFeN3. The third-order valence-electron chi connectivity index (χ3n) is 0.167. The van der Waals surface area contributed by atoms with Gasteiger partial charge in [-0.05, 0) is 0 Å². The summed E-state index contributed by atoms with van der Waals surface area (Å²) in [5.41, 5.74) is 9.81. The second-order valence-electron chi connectivity index (χ2n) is 0.656. The summed E-state index contributed by atoms with van der Waals surface area (Å²) in [5.74, 6) is 0. The second-order valence-corrected chi connectivity index (χ2v) is 0.903. The summed E-state index contributed by atoms with van der Waals surface area (Å²) in [6, 6.07) is 0. The Morgan fingerprint density at radius 3 is 1.50 bits per heavy atom. The van der Waals surface area contributed by atoms with Gasteiger partial charge in [-0.3, -0.25) is 0 Å². The normalized spacial score (nSPS) is 4.75. The SMILES string of the molecule is N#[C][Fe].NCCN.[Cu]. The molecule has 5 heteroatoms. The Morgan fingerprint density at radius 2 is 1.50 bits per heavy atom. The van der Waals surface area contributed by atoms with E-state index in [1.165, 1.54) is 4.97 Å². The van der Waals surface area contributed by atoms with Crippen LogP contribution in [0.1, 0.15) is 0 Å². The Morgan fingerprint density at radius 1 is 1.38 bits per heavy atom. The van der Waals surface area contributed by atoms with E-state index in [0.717, 1.165) is 0 Å². The van der Waals surface area contributed by atoms with Crippen molar-refractivity contribution < 1.29 is 33.1 Å². The molecule has 0 fully saturated rings. The van der Waals surface area contributed by atoms with Gasteiger partial charge in [0.05, 0.1) is 0 Å². The van der Waals surface area contributed by atoms with Gasteiger partial charge in [-0.1, -0.05) is 0 Å². The van der Waals surface area contributed by atoms with Crippen molar-refractivity contribution in [1.29, 1.82) is 5.26 Å². The summed E-state index contributed by atoms with van der Waals surface area (Å²) in [5, 5.41) is 7.21. The number of nitriles is 1. The first-order chi connectivity index (χ1) is 3.33. The topological polar surface area (TPSA) is 75.8 Å². The maximum Gasteiger partial charge on any atom is 0.00461 e. The van der Waals surface area contributed by atoms with Gasteiger partial charge in [0.1, 0.15) is 0 Å². The summed E-state index contributed by atoms with van der Waals surface area (Å²) in [6.45, 7) is 1.19. The van der Waals surface area contributed by atoms with Gasteiger partial charge in [-0.25, -0.2) is 0 Å². The molecule has 4 N–H and O–H groups in total. The van der Waals surface area contributed by atoms with Crippen LogP contribution in [0.25, 0.3) is 0 Å². The molecule has 8 heavy (non-hydrogen) atoms. The van der Waals surface area contributed by atoms with Gasteiger partial charge in [-0.15, -0.1) is 0 Å². The minimum Gasteiger partial charge on any atom is -0.329 e. The van der Waals surface area contributed by atoms with Crippen LogP contribution >= 0.6 is 0 Å². The predicted molar refractivity (Wildman–Crippen MR) is 23.7 cm³/mol. The van der Waals surface area contributed by atoms with Crippen LogP contribution in [0.15, 0.2) is 0 Å². The number of nitrogens with two attached hydrogens (primary N) is 2. The maximum atomic E-state index is 7.21.